The van der Waals surface area contributed by atoms with Gasteiger partial charge in [0.15, 0.2) is 0 Å². The van der Waals surface area contributed by atoms with Crippen LogP contribution in [-0.2, 0) is 5.75 Å². The van der Waals surface area contributed by atoms with E-state index < -0.39 is 5.97 Å². The first-order valence-corrected chi connectivity index (χ1v) is 8.64. The fraction of sp³-hybridized carbons (Fsp3) is 0.278. The number of benzene rings is 1. The van der Waals surface area contributed by atoms with Crippen molar-refractivity contribution >= 4 is 29.3 Å². The fourth-order valence-electron chi connectivity index (χ4n) is 2.11. The average Bonchev–Trinajstić information content (AvgIpc) is 2.55. The number of anilines is 1. The molecule has 6 heteroatoms. The van der Waals surface area contributed by atoms with E-state index >= 15 is 0 Å². The van der Waals surface area contributed by atoms with E-state index in [1.807, 2.05) is 30.8 Å². The van der Waals surface area contributed by atoms with Crippen molar-refractivity contribution in [3.8, 4) is 0 Å². The van der Waals surface area contributed by atoms with Crippen LogP contribution in [0.2, 0.25) is 0 Å². The van der Waals surface area contributed by atoms with Crippen LogP contribution in [0.3, 0.4) is 0 Å². The van der Waals surface area contributed by atoms with Crippen LogP contribution in [0.1, 0.15) is 45.8 Å². The van der Waals surface area contributed by atoms with Crippen molar-refractivity contribution in [3.63, 3.8) is 0 Å². The second-order valence-corrected chi connectivity index (χ2v) is 7.20. The van der Waals surface area contributed by atoms with Crippen molar-refractivity contribution in [2.45, 2.75) is 31.8 Å². The highest BCUT2D eigenvalue weighted by atomic mass is 32.2. The third-order valence-electron chi connectivity index (χ3n) is 3.51. The van der Waals surface area contributed by atoms with Crippen molar-refractivity contribution in [1.29, 1.82) is 0 Å². The smallest absolute Gasteiger partial charge is 0.354 e. The van der Waals surface area contributed by atoms with Gasteiger partial charge in [-0.15, -0.1) is 0 Å². The highest BCUT2D eigenvalue weighted by Gasteiger charge is 2.13. The van der Waals surface area contributed by atoms with Gasteiger partial charge in [-0.25, -0.2) is 9.78 Å². The zero-order chi connectivity index (χ0) is 17.7. The summed E-state index contributed by atoms with van der Waals surface area (Å²) in [6.07, 6.45) is 1.32. The lowest BCUT2D eigenvalue weighted by atomic mass is 10.1. The van der Waals surface area contributed by atoms with E-state index in [2.05, 4.69) is 30.2 Å². The molecule has 5 nitrogen and oxygen atoms in total. The number of hydrogen-bond donors (Lipinski definition) is 2. The first-order chi connectivity index (χ1) is 11.4. The number of carbonyl (C=O) groups is 2. The number of carboxylic acid groups (broad SMARTS) is 1. The molecular weight excluding hydrogens is 324 g/mol. The van der Waals surface area contributed by atoms with Gasteiger partial charge in [0.25, 0.3) is 5.91 Å². The van der Waals surface area contributed by atoms with Gasteiger partial charge in [0, 0.05) is 23.2 Å². The Hall–Kier alpha value is -2.34. The third kappa shape index (κ3) is 4.58. The maximum Gasteiger partial charge on any atom is 0.354 e. The minimum Gasteiger partial charge on any atom is -0.477 e. The molecule has 24 heavy (non-hydrogen) atoms. The summed E-state index contributed by atoms with van der Waals surface area (Å²) in [6, 6.07) is 8.57. The summed E-state index contributed by atoms with van der Waals surface area (Å²) < 4.78 is 0. The molecule has 2 N–H and O–H groups in total. The molecule has 126 valence electrons. The molecule has 0 atom stereocenters. The SMILES string of the molecule is Cc1c(CSC(C)C)cccc1NC(=O)c1ccnc(C(=O)O)c1. The molecule has 0 aliphatic rings. The first kappa shape index (κ1) is 18.0. The quantitative estimate of drug-likeness (QED) is 0.828. The Labute approximate surface area is 145 Å². The van der Waals surface area contributed by atoms with E-state index in [4.69, 9.17) is 5.11 Å². The van der Waals surface area contributed by atoms with Crippen LogP contribution >= 0.6 is 11.8 Å². The van der Waals surface area contributed by atoms with Gasteiger partial charge in [0.1, 0.15) is 5.69 Å². The van der Waals surface area contributed by atoms with Crippen LogP contribution in [0.15, 0.2) is 36.5 Å². The minimum absolute atomic E-state index is 0.151. The number of amides is 1. The summed E-state index contributed by atoms with van der Waals surface area (Å²) in [5.74, 6) is -0.628. The molecule has 0 fully saturated rings. The molecular formula is C18H20N2O3S. The summed E-state index contributed by atoms with van der Waals surface area (Å²) in [7, 11) is 0. The Morgan fingerprint density at radius 3 is 2.71 bits per heavy atom. The number of nitrogens with one attached hydrogen (secondary N) is 1. The normalized spacial score (nSPS) is 10.7. The van der Waals surface area contributed by atoms with Gasteiger partial charge in [-0.3, -0.25) is 4.79 Å². The van der Waals surface area contributed by atoms with Gasteiger partial charge in [-0.05, 0) is 41.5 Å². The maximum absolute atomic E-state index is 12.4. The topological polar surface area (TPSA) is 79.3 Å². The molecule has 0 unspecified atom stereocenters. The lowest BCUT2D eigenvalue weighted by Crippen LogP contribution is -2.14. The lowest BCUT2D eigenvalue weighted by molar-refractivity contribution is 0.0690. The Balaban J connectivity index is 2.18. The standard InChI is InChI=1S/C18H20N2O3S/c1-11(2)24-10-14-5-4-6-15(12(14)3)20-17(21)13-7-8-19-16(9-13)18(22)23/h4-9,11H,10H2,1-3H3,(H,20,21)(H,22,23). The lowest BCUT2D eigenvalue weighted by Gasteiger charge is -2.13. The predicted octanol–water partition coefficient (Wildman–Crippen LogP) is 3.98. The second kappa shape index (κ2) is 7.97. The zero-order valence-electron chi connectivity index (χ0n) is 13.9. The minimum atomic E-state index is -1.16. The molecule has 2 aromatic rings. The van der Waals surface area contributed by atoms with Crippen molar-refractivity contribution in [1.82, 2.24) is 4.98 Å². The Morgan fingerprint density at radius 2 is 2.04 bits per heavy atom. The molecule has 1 aromatic carbocycles. The number of aromatic carboxylic acids is 1. The fourth-order valence-corrected chi connectivity index (χ4v) is 2.94. The number of rotatable bonds is 6. The van der Waals surface area contributed by atoms with Crippen LogP contribution < -0.4 is 5.32 Å². The van der Waals surface area contributed by atoms with E-state index in [9.17, 15) is 9.59 Å². The van der Waals surface area contributed by atoms with Gasteiger partial charge < -0.3 is 10.4 Å². The molecule has 1 heterocycles. The van der Waals surface area contributed by atoms with Crippen molar-refractivity contribution in [3.05, 3.63) is 58.9 Å². The van der Waals surface area contributed by atoms with Gasteiger partial charge in [0.05, 0.1) is 0 Å². The third-order valence-corrected chi connectivity index (χ3v) is 4.65. The summed E-state index contributed by atoms with van der Waals surface area (Å²) in [4.78, 5) is 27.1. The maximum atomic E-state index is 12.4. The van der Waals surface area contributed by atoms with Gasteiger partial charge in [-0.1, -0.05) is 26.0 Å². The molecule has 0 radical (unpaired) electrons. The Morgan fingerprint density at radius 1 is 1.29 bits per heavy atom. The van der Waals surface area contributed by atoms with Gasteiger partial charge in [-0.2, -0.15) is 11.8 Å². The van der Waals surface area contributed by atoms with Crippen molar-refractivity contribution in [2.24, 2.45) is 0 Å². The van der Waals surface area contributed by atoms with Crippen molar-refractivity contribution < 1.29 is 14.7 Å². The molecule has 0 bridgehead atoms. The summed E-state index contributed by atoms with van der Waals surface area (Å²) in [5, 5.41) is 12.4. The number of thioether (sulfide) groups is 1. The number of carboxylic acids is 1. The molecule has 1 aromatic heterocycles. The number of hydrogen-bond acceptors (Lipinski definition) is 4. The van der Waals surface area contributed by atoms with E-state index in [0.29, 0.717) is 5.25 Å². The summed E-state index contributed by atoms with van der Waals surface area (Å²) in [6.45, 7) is 6.27. The molecule has 2 rings (SSSR count). The van der Waals surface area contributed by atoms with Crippen LogP contribution in [0, 0.1) is 6.92 Å². The number of carbonyl (C=O) groups excluding carboxylic acids is 1. The monoisotopic (exact) mass is 344 g/mol. The largest absolute Gasteiger partial charge is 0.477 e. The highest BCUT2D eigenvalue weighted by molar-refractivity contribution is 7.99. The zero-order valence-corrected chi connectivity index (χ0v) is 14.7. The average molecular weight is 344 g/mol. The molecule has 0 aliphatic heterocycles. The molecule has 0 saturated carbocycles. The number of nitrogens with zero attached hydrogens (tertiary/aromatic N) is 1. The van der Waals surface area contributed by atoms with Gasteiger partial charge in [0.2, 0.25) is 0 Å². The van der Waals surface area contributed by atoms with Crippen molar-refractivity contribution in [2.75, 3.05) is 5.32 Å². The van der Waals surface area contributed by atoms with Crippen LogP contribution in [0.25, 0.3) is 0 Å². The first-order valence-electron chi connectivity index (χ1n) is 7.59. The predicted molar refractivity (Wildman–Crippen MR) is 96.8 cm³/mol. The summed E-state index contributed by atoms with van der Waals surface area (Å²) >= 11 is 1.84. The van der Waals surface area contributed by atoms with Crippen LogP contribution in [0.5, 0.6) is 0 Å². The number of pyridine rings is 1. The highest BCUT2D eigenvalue weighted by Crippen LogP contribution is 2.25. The van der Waals surface area contributed by atoms with E-state index in [1.165, 1.54) is 23.9 Å². The molecule has 0 spiro atoms. The Kier molecular flexibility index (Phi) is 5.98. The molecule has 0 saturated heterocycles. The number of aromatic nitrogens is 1. The van der Waals surface area contributed by atoms with E-state index in [-0.39, 0.29) is 17.2 Å². The van der Waals surface area contributed by atoms with Crippen LogP contribution in [-0.4, -0.2) is 27.2 Å². The van der Waals surface area contributed by atoms with Gasteiger partial charge >= 0.3 is 5.97 Å². The van der Waals surface area contributed by atoms with Crippen LogP contribution in [0.4, 0.5) is 5.69 Å². The molecule has 0 aliphatic carbocycles. The second-order valence-electron chi connectivity index (χ2n) is 5.64. The van der Waals surface area contributed by atoms with E-state index in [1.54, 1.807) is 0 Å². The summed E-state index contributed by atoms with van der Waals surface area (Å²) in [5.41, 5.74) is 3.04. The molecule has 1 amide bonds. The van der Waals surface area contributed by atoms with E-state index in [0.717, 1.165) is 17.0 Å². The Bertz CT molecular complexity index is 760.